The highest BCUT2D eigenvalue weighted by Crippen LogP contribution is 2.38. The monoisotopic (exact) mass is 577 g/mol. The van der Waals surface area contributed by atoms with Gasteiger partial charge in [-0.25, -0.2) is 18.1 Å². The molecule has 1 fully saturated rings. The van der Waals surface area contributed by atoms with E-state index < -0.39 is 10.0 Å². The fourth-order valence-electron chi connectivity index (χ4n) is 5.01. The van der Waals surface area contributed by atoms with Gasteiger partial charge in [-0.2, -0.15) is 10.1 Å². The van der Waals surface area contributed by atoms with E-state index in [4.69, 9.17) is 14.5 Å². The van der Waals surface area contributed by atoms with Crippen LogP contribution in [0.1, 0.15) is 23.6 Å². The molecule has 0 amide bonds. The third kappa shape index (κ3) is 6.13. The summed E-state index contributed by atoms with van der Waals surface area (Å²) in [5.41, 5.74) is 5.21. The lowest BCUT2D eigenvalue weighted by Crippen LogP contribution is -2.43. The van der Waals surface area contributed by atoms with Crippen LogP contribution < -0.4 is 24.4 Å². The fourth-order valence-corrected chi connectivity index (χ4v) is 5.94. The number of piperazine rings is 1. The first-order valence-corrected chi connectivity index (χ1v) is 15.0. The van der Waals surface area contributed by atoms with Crippen LogP contribution in [0.5, 0.6) is 17.4 Å². The molecule has 1 aliphatic heterocycles. The molecular formula is C29H35N7O4S. The largest absolute Gasteiger partial charge is 0.497 e. The minimum Gasteiger partial charge on any atom is -0.497 e. The summed E-state index contributed by atoms with van der Waals surface area (Å²) in [7, 11) is -0.717. The van der Waals surface area contributed by atoms with Gasteiger partial charge in [0.2, 0.25) is 11.8 Å². The number of methoxy groups -OCH3 is 1. The minimum absolute atomic E-state index is 0.00694. The van der Waals surface area contributed by atoms with Gasteiger partial charge >= 0.3 is 0 Å². The molecule has 0 unspecified atom stereocenters. The maximum absolute atomic E-state index is 13.2. The zero-order valence-electron chi connectivity index (χ0n) is 23.9. The topological polar surface area (TPSA) is 124 Å². The summed E-state index contributed by atoms with van der Waals surface area (Å²) in [5, 5.41) is 7.35. The summed E-state index contributed by atoms with van der Waals surface area (Å²) >= 11 is 0. The van der Waals surface area contributed by atoms with Crippen LogP contribution in [0.4, 0.5) is 11.6 Å². The number of aromatic nitrogens is 4. The molecule has 3 heterocycles. The number of benzene rings is 2. The van der Waals surface area contributed by atoms with E-state index in [0.29, 0.717) is 17.9 Å². The highest BCUT2D eigenvalue weighted by Gasteiger charge is 2.24. The quantitative estimate of drug-likeness (QED) is 0.303. The number of rotatable bonds is 9. The second-order valence-electron chi connectivity index (χ2n) is 9.96. The van der Waals surface area contributed by atoms with Crippen LogP contribution in [0.2, 0.25) is 0 Å². The van der Waals surface area contributed by atoms with Crippen molar-refractivity contribution in [2.45, 2.75) is 32.1 Å². The summed E-state index contributed by atoms with van der Waals surface area (Å²) in [5.74, 6) is 1.51. The summed E-state index contributed by atoms with van der Waals surface area (Å²) in [6.07, 6.45) is 3.25. The smallest absolute Gasteiger partial charge is 0.267 e. The highest BCUT2D eigenvalue weighted by molar-refractivity contribution is 7.92. The number of aryl methyl sites for hydroxylation is 3. The lowest BCUT2D eigenvalue weighted by atomic mass is 9.95. The molecule has 11 nitrogen and oxygen atoms in total. The predicted octanol–water partition coefficient (Wildman–Crippen LogP) is 4.07. The van der Waals surface area contributed by atoms with E-state index in [0.717, 1.165) is 59.9 Å². The Morgan fingerprint density at radius 2 is 1.71 bits per heavy atom. The van der Waals surface area contributed by atoms with Gasteiger partial charge in [-0.3, -0.25) is 4.68 Å². The third-order valence-corrected chi connectivity index (χ3v) is 8.33. The minimum atomic E-state index is -3.99. The number of anilines is 2. The molecule has 216 valence electrons. The van der Waals surface area contributed by atoms with Gasteiger partial charge in [0.25, 0.3) is 10.0 Å². The Hall–Kier alpha value is -4.16. The normalized spacial score (nSPS) is 13.7. The Bertz CT molecular complexity index is 1620. The van der Waals surface area contributed by atoms with E-state index in [1.807, 2.05) is 57.2 Å². The van der Waals surface area contributed by atoms with Crippen LogP contribution in [0.3, 0.4) is 0 Å². The van der Waals surface area contributed by atoms with Crippen LogP contribution in [0.15, 0.2) is 53.7 Å². The lowest BCUT2D eigenvalue weighted by molar-refractivity contribution is 0.414. The van der Waals surface area contributed by atoms with Gasteiger partial charge in [0.15, 0.2) is 0 Å². The standard InChI is InChI=1S/C29H35N7O4S/c1-6-25-27(26-19(2)15-23(39-5)16-20(26)3)32-29(34-41(37,38)24-17-31-35(4)18-24)33-28(25)40-22-9-7-21(8-10-22)36-13-11-30-12-14-36/h7-10,15-18,30H,6,11-14H2,1-5H3,(H,32,33,34). The molecule has 0 bridgehead atoms. The molecule has 5 rings (SSSR count). The number of ether oxygens (including phenoxy) is 2. The average molecular weight is 578 g/mol. The van der Waals surface area contributed by atoms with Gasteiger partial charge < -0.3 is 19.7 Å². The first-order valence-electron chi connectivity index (χ1n) is 13.5. The van der Waals surface area contributed by atoms with Gasteiger partial charge in [-0.05, 0) is 67.8 Å². The van der Waals surface area contributed by atoms with Crippen molar-refractivity contribution in [1.29, 1.82) is 0 Å². The molecule has 0 atom stereocenters. The van der Waals surface area contributed by atoms with Gasteiger partial charge in [-0.15, -0.1) is 0 Å². The highest BCUT2D eigenvalue weighted by atomic mass is 32.2. The maximum Gasteiger partial charge on any atom is 0.267 e. The molecule has 2 N–H and O–H groups in total. The van der Waals surface area contributed by atoms with Crippen molar-refractivity contribution in [3.8, 4) is 28.6 Å². The molecule has 0 saturated carbocycles. The Morgan fingerprint density at radius 1 is 1.02 bits per heavy atom. The summed E-state index contributed by atoms with van der Waals surface area (Å²) in [4.78, 5) is 11.6. The van der Waals surface area contributed by atoms with E-state index in [9.17, 15) is 8.42 Å². The molecule has 12 heteroatoms. The van der Waals surface area contributed by atoms with Crippen LogP contribution in [-0.4, -0.2) is 61.5 Å². The van der Waals surface area contributed by atoms with Gasteiger partial charge in [0.1, 0.15) is 16.4 Å². The van der Waals surface area contributed by atoms with Crippen molar-refractivity contribution in [3.63, 3.8) is 0 Å². The maximum atomic E-state index is 13.2. The molecule has 1 aliphatic rings. The molecule has 2 aromatic carbocycles. The van der Waals surface area contributed by atoms with E-state index in [2.05, 4.69) is 25.0 Å². The molecular weight excluding hydrogens is 542 g/mol. The van der Waals surface area contributed by atoms with E-state index in [1.54, 1.807) is 14.2 Å². The summed E-state index contributed by atoms with van der Waals surface area (Å²) in [6.45, 7) is 9.72. The summed E-state index contributed by atoms with van der Waals surface area (Å²) in [6, 6.07) is 11.7. The molecule has 1 saturated heterocycles. The van der Waals surface area contributed by atoms with Gasteiger partial charge in [0.05, 0.1) is 19.0 Å². The number of hydrogen-bond acceptors (Lipinski definition) is 9. The third-order valence-electron chi connectivity index (χ3n) is 7.05. The lowest BCUT2D eigenvalue weighted by Gasteiger charge is -2.29. The SMILES string of the molecule is CCc1c(Oc2ccc(N3CCNCC3)cc2)nc(NS(=O)(=O)c2cnn(C)c2)nc1-c1c(C)cc(OC)cc1C. The Morgan fingerprint density at radius 3 is 2.29 bits per heavy atom. The molecule has 0 spiro atoms. The zero-order valence-corrected chi connectivity index (χ0v) is 24.7. The zero-order chi connectivity index (χ0) is 29.1. The Balaban J connectivity index is 1.58. The van der Waals surface area contributed by atoms with Crippen molar-refractivity contribution in [3.05, 3.63) is 65.5 Å². The fraction of sp³-hybridized carbons (Fsp3) is 0.345. The summed E-state index contributed by atoms with van der Waals surface area (Å²) < 4.78 is 42.1. The second kappa shape index (κ2) is 11.8. The van der Waals surface area contributed by atoms with Gasteiger partial charge in [-0.1, -0.05) is 6.92 Å². The van der Waals surface area contributed by atoms with Crippen molar-refractivity contribution in [2.75, 3.05) is 42.9 Å². The van der Waals surface area contributed by atoms with Crippen molar-refractivity contribution < 1.29 is 17.9 Å². The molecule has 4 aromatic rings. The van der Waals surface area contributed by atoms with Crippen molar-refractivity contribution in [2.24, 2.45) is 7.05 Å². The van der Waals surface area contributed by atoms with E-state index in [1.165, 1.54) is 17.1 Å². The molecule has 0 aliphatic carbocycles. The first-order chi connectivity index (χ1) is 19.7. The first kappa shape index (κ1) is 28.4. The van der Waals surface area contributed by atoms with Gasteiger partial charge in [0, 0.05) is 56.2 Å². The molecule has 2 aromatic heterocycles. The predicted molar refractivity (Wildman–Crippen MR) is 158 cm³/mol. The average Bonchev–Trinajstić information content (AvgIpc) is 3.40. The Kier molecular flexibility index (Phi) is 8.13. The second-order valence-corrected chi connectivity index (χ2v) is 11.6. The molecule has 41 heavy (non-hydrogen) atoms. The van der Waals surface area contributed by atoms with E-state index in [-0.39, 0.29) is 16.7 Å². The van der Waals surface area contributed by atoms with Crippen molar-refractivity contribution in [1.82, 2.24) is 25.1 Å². The van der Waals surface area contributed by atoms with E-state index >= 15 is 0 Å². The number of nitrogens with zero attached hydrogens (tertiary/aromatic N) is 5. The van der Waals surface area contributed by atoms with Crippen LogP contribution in [0, 0.1) is 13.8 Å². The van der Waals surface area contributed by atoms with Crippen LogP contribution >= 0.6 is 0 Å². The Labute approximate surface area is 240 Å². The number of sulfonamides is 1. The van der Waals surface area contributed by atoms with Crippen LogP contribution in [-0.2, 0) is 23.5 Å². The van der Waals surface area contributed by atoms with Crippen molar-refractivity contribution >= 4 is 21.7 Å². The molecule has 0 radical (unpaired) electrons. The number of nitrogens with one attached hydrogen (secondary N) is 2. The number of hydrogen-bond donors (Lipinski definition) is 2. The van der Waals surface area contributed by atoms with Crippen LogP contribution in [0.25, 0.3) is 11.3 Å².